The number of benzene rings is 1. The van der Waals surface area contributed by atoms with E-state index in [1.54, 1.807) is 19.1 Å². The molecule has 0 saturated heterocycles. The van der Waals surface area contributed by atoms with Crippen LogP contribution >= 0.6 is 0 Å². The fourth-order valence-electron chi connectivity index (χ4n) is 1.38. The van der Waals surface area contributed by atoms with Crippen molar-refractivity contribution in [3.05, 3.63) is 29.8 Å². The van der Waals surface area contributed by atoms with Gasteiger partial charge in [0.2, 0.25) is 0 Å². The first kappa shape index (κ1) is 14.8. The van der Waals surface area contributed by atoms with Gasteiger partial charge in [0.15, 0.2) is 0 Å². The predicted molar refractivity (Wildman–Crippen MR) is 69.8 cm³/mol. The highest BCUT2D eigenvalue weighted by Gasteiger charge is 2.32. The highest BCUT2D eigenvalue weighted by molar-refractivity contribution is 5.85. The molecule has 6 heteroatoms. The van der Waals surface area contributed by atoms with Crippen LogP contribution < -0.4 is 10.6 Å². The second kappa shape index (κ2) is 6.08. The summed E-state index contributed by atoms with van der Waals surface area (Å²) < 4.78 is 0. The molecule has 1 atom stereocenters. The van der Waals surface area contributed by atoms with E-state index in [2.05, 4.69) is 10.6 Å². The lowest BCUT2D eigenvalue weighted by atomic mass is 10.00. The number of rotatable bonds is 5. The number of carboxylic acids is 1. The Hall–Kier alpha value is -2.24. The fraction of sp³-hybridized carbons (Fsp3) is 0.385. The molecule has 104 valence electrons. The molecule has 0 spiro atoms. The van der Waals surface area contributed by atoms with Gasteiger partial charge in [0.25, 0.3) is 0 Å². The van der Waals surface area contributed by atoms with Crippen LogP contribution in [0.2, 0.25) is 0 Å². The Labute approximate surface area is 111 Å². The van der Waals surface area contributed by atoms with E-state index in [4.69, 9.17) is 10.2 Å². The Morgan fingerprint density at radius 2 is 1.84 bits per heavy atom. The monoisotopic (exact) mass is 266 g/mol. The Balaban J connectivity index is 2.52. The first-order valence-electron chi connectivity index (χ1n) is 5.94. The van der Waals surface area contributed by atoms with Gasteiger partial charge in [0.05, 0.1) is 0 Å². The molecule has 1 aromatic rings. The van der Waals surface area contributed by atoms with Gasteiger partial charge in [-0.15, -0.1) is 0 Å². The summed E-state index contributed by atoms with van der Waals surface area (Å²) in [4.78, 5) is 22.7. The highest BCUT2D eigenvalue weighted by atomic mass is 16.4. The SMILES string of the molecule is CCC(C)(NC(=O)NCc1ccc(O)cc1)C(=O)O. The van der Waals surface area contributed by atoms with Crippen molar-refractivity contribution in [2.45, 2.75) is 32.4 Å². The molecule has 2 amide bonds. The Kier molecular flexibility index (Phi) is 4.74. The molecule has 0 aliphatic carbocycles. The fourth-order valence-corrected chi connectivity index (χ4v) is 1.38. The first-order valence-corrected chi connectivity index (χ1v) is 5.94. The van der Waals surface area contributed by atoms with Gasteiger partial charge in [0, 0.05) is 6.54 Å². The highest BCUT2D eigenvalue weighted by Crippen LogP contribution is 2.10. The summed E-state index contributed by atoms with van der Waals surface area (Å²) in [5.41, 5.74) is -0.472. The third-order valence-electron chi connectivity index (χ3n) is 2.96. The number of phenols is 1. The molecule has 0 fully saturated rings. The van der Waals surface area contributed by atoms with Crippen molar-refractivity contribution in [1.82, 2.24) is 10.6 Å². The van der Waals surface area contributed by atoms with Crippen LogP contribution in [0.25, 0.3) is 0 Å². The molecule has 0 saturated carbocycles. The van der Waals surface area contributed by atoms with E-state index >= 15 is 0 Å². The van der Waals surface area contributed by atoms with Crippen molar-refractivity contribution in [2.75, 3.05) is 0 Å². The summed E-state index contributed by atoms with van der Waals surface area (Å²) in [5, 5.41) is 23.1. The number of hydrogen-bond acceptors (Lipinski definition) is 3. The molecular weight excluding hydrogens is 248 g/mol. The molecule has 19 heavy (non-hydrogen) atoms. The molecule has 0 aliphatic rings. The zero-order chi connectivity index (χ0) is 14.5. The summed E-state index contributed by atoms with van der Waals surface area (Å²) in [6.07, 6.45) is 0.287. The van der Waals surface area contributed by atoms with Gasteiger partial charge in [0.1, 0.15) is 11.3 Å². The van der Waals surface area contributed by atoms with Gasteiger partial charge in [-0.3, -0.25) is 0 Å². The molecule has 0 heterocycles. The molecule has 1 aromatic carbocycles. The van der Waals surface area contributed by atoms with Crippen LogP contribution in [0, 0.1) is 0 Å². The zero-order valence-electron chi connectivity index (χ0n) is 10.9. The lowest BCUT2D eigenvalue weighted by Gasteiger charge is -2.24. The van der Waals surface area contributed by atoms with Crippen LogP contribution in [0.3, 0.4) is 0 Å². The maximum atomic E-state index is 11.6. The molecule has 6 nitrogen and oxygen atoms in total. The molecular formula is C13H18N2O4. The number of urea groups is 1. The minimum absolute atomic E-state index is 0.151. The van der Waals surface area contributed by atoms with Crippen molar-refractivity contribution in [3.63, 3.8) is 0 Å². The summed E-state index contributed by atoms with van der Waals surface area (Å²) in [6, 6.07) is 5.84. The molecule has 0 radical (unpaired) electrons. The predicted octanol–water partition coefficient (Wildman–Crippen LogP) is 1.44. The van der Waals surface area contributed by atoms with Gasteiger partial charge in [-0.05, 0) is 31.0 Å². The van der Waals surface area contributed by atoms with E-state index in [1.165, 1.54) is 19.1 Å². The maximum Gasteiger partial charge on any atom is 0.329 e. The number of phenolic OH excluding ortho intramolecular Hbond substituents is 1. The van der Waals surface area contributed by atoms with Crippen molar-refractivity contribution in [1.29, 1.82) is 0 Å². The average Bonchev–Trinajstić information content (AvgIpc) is 2.37. The largest absolute Gasteiger partial charge is 0.508 e. The van der Waals surface area contributed by atoms with Crippen molar-refractivity contribution < 1.29 is 19.8 Å². The normalized spacial score (nSPS) is 13.4. The summed E-state index contributed by atoms with van der Waals surface area (Å²) in [5.74, 6) is -0.924. The number of amides is 2. The van der Waals surface area contributed by atoms with Crippen molar-refractivity contribution in [3.8, 4) is 5.75 Å². The van der Waals surface area contributed by atoms with Gasteiger partial charge in [-0.25, -0.2) is 9.59 Å². The number of carbonyl (C=O) groups excluding carboxylic acids is 1. The standard InChI is InChI=1S/C13H18N2O4/c1-3-13(2,11(17)18)15-12(19)14-8-9-4-6-10(16)7-5-9/h4-7,16H,3,8H2,1-2H3,(H,17,18)(H2,14,15,19). The second-order valence-electron chi connectivity index (χ2n) is 4.46. The Morgan fingerprint density at radius 1 is 1.26 bits per heavy atom. The lowest BCUT2D eigenvalue weighted by Crippen LogP contribution is -2.54. The molecule has 0 aliphatic heterocycles. The quantitative estimate of drug-likeness (QED) is 0.648. The van der Waals surface area contributed by atoms with E-state index in [9.17, 15) is 9.59 Å². The Morgan fingerprint density at radius 3 is 2.32 bits per heavy atom. The van der Waals surface area contributed by atoms with Gasteiger partial charge >= 0.3 is 12.0 Å². The number of nitrogens with one attached hydrogen (secondary N) is 2. The lowest BCUT2D eigenvalue weighted by molar-refractivity contribution is -0.143. The molecule has 0 bridgehead atoms. The number of aliphatic carboxylic acids is 1. The molecule has 4 N–H and O–H groups in total. The van der Waals surface area contributed by atoms with Crippen molar-refractivity contribution in [2.24, 2.45) is 0 Å². The second-order valence-corrected chi connectivity index (χ2v) is 4.46. The molecule has 1 unspecified atom stereocenters. The van der Waals surface area contributed by atoms with Gasteiger partial charge in [-0.2, -0.15) is 0 Å². The number of carboxylic acid groups (broad SMARTS) is 1. The zero-order valence-corrected chi connectivity index (χ0v) is 10.9. The van der Waals surface area contributed by atoms with Crippen molar-refractivity contribution >= 4 is 12.0 Å². The maximum absolute atomic E-state index is 11.6. The third-order valence-corrected chi connectivity index (χ3v) is 2.96. The van der Waals surface area contributed by atoms with Crippen LogP contribution in [0.4, 0.5) is 4.79 Å². The summed E-state index contributed by atoms with van der Waals surface area (Å²) in [6.45, 7) is 3.40. The van der Waals surface area contributed by atoms with Crippen LogP contribution in [0.15, 0.2) is 24.3 Å². The number of hydrogen-bond donors (Lipinski definition) is 4. The topological polar surface area (TPSA) is 98.7 Å². The van der Waals surface area contributed by atoms with E-state index < -0.39 is 17.5 Å². The van der Waals surface area contributed by atoms with E-state index in [0.29, 0.717) is 0 Å². The number of aromatic hydroxyl groups is 1. The minimum Gasteiger partial charge on any atom is -0.508 e. The average molecular weight is 266 g/mol. The van der Waals surface area contributed by atoms with Crippen LogP contribution in [-0.4, -0.2) is 27.8 Å². The van der Waals surface area contributed by atoms with Crippen LogP contribution in [0.1, 0.15) is 25.8 Å². The van der Waals surface area contributed by atoms with Crippen LogP contribution in [0.5, 0.6) is 5.75 Å². The molecule has 0 aromatic heterocycles. The van der Waals surface area contributed by atoms with E-state index in [0.717, 1.165) is 5.56 Å². The van der Waals surface area contributed by atoms with E-state index in [1.807, 2.05) is 0 Å². The first-order chi connectivity index (χ1) is 8.87. The smallest absolute Gasteiger partial charge is 0.329 e. The van der Waals surface area contributed by atoms with Crippen LogP contribution in [-0.2, 0) is 11.3 Å². The number of carbonyl (C=O) groups is 2. The Bertz CT molecular complexity index is 458. The van der Waals surface area contributed by atoms with E-state index in [-0.39, 0.29) is 18.7 Å². The van der Waals surface area contributed by atoms with Gasteiger partial charge in [-0.1, -0.05) is 19.1 Å². The minimum atomic E-state index is -1.28. The van der Waals surface area contributed by atoms with Gasteiger partial charge < -0.3 is 20.8 Å². The molecule has 1 rings (SSSR count). The summed E-state index contributed by atoms with van der Waals surface area (Å²) in [7, 11) is 0. The summed E-state index contributed by atoms with van der Waals surface area (Å²) >= 11 is 0. The third kappa shape index (κ3) is 4.17.